The average Bonchev–Trinajstić information content (AvgIpc) is 3.41. The van der Waals surface area contributed by atoms with E-state index in [0.717, 1.165) is 12.1 Å². The van der Waals surface area contributed by atoms with Crippen LogP contribution in [0.5, 0.6) is 0 Å². The van der Waals surface area contributed by atoms with Gasteiger partial charge in [0.15, 0.2) is 5.69 Å². The summed E-state index contributed by atoms with van der Waals surface area (Å²) in [6, 6.07) is 11.1. The maximum absolute atomic E-state index is 13.0. The number of hydrogen-bond donors (Lipinski definition) is 1. The van der Waals surface area contributed by atoms with Crippen LogP contribution >= 0.6 is 0 Å². The van der Waals surface area contributed by atoms with Gasteiger partial charge in [-0.2, -0.15) is 9.90 Å². The fourth-order valence-corrected chi connectivity index (χ4v) is 3.02. The molecule has 0 atom stereocenters. The van der Waals surface area contributed by atoms with Crippen molar-refractivity contribution in [2.45, 2.75) is 13.3 Å². The molecule has 3 aromatic rings. The third-order valence-corrected chi connectivity index (χ3v) is 4.32. The zero-order valence-electron chi connectivity index (χ0n) is 14.3. The average molecular weight is 350 g/mol. The van der Waals surface area contributed by atoms with Gasteiger partial charge in [0.1, 0.15) is 0 Å². The SMILES string of the molecule is Cc1nn(-c2ccccc2)nc1C(=O)N1CCCN1C(=O)c1cc[nH]c1. The number of hydrogen-bond acceptors (Lipinski definition) is 4. The number of benzene rings is 1. The first-order valence-electron chi connectivity index (χ1n) is 8.41. The minimum absolute atomic E-state index is 0.204. The fraction of sp³-hybridized carbons (Fsp3) is 0.222. The normalized spacial score (nSPS) is 14.0. The van der Waals surface area contributed by atoms with Crippen LogP contribution < -0.4 is 0 Å². The summed E-state index contributed by atoms with van der Waals surface area (Å²) in [6.45, 7) is 2.72. The Bertz CT molecular complexity index is 932. The first-order valence-corrected chi connectivity index (χ1v) is 8.41. The van der Waals surface area contributed by atoms with Crippen LogP contribution in [-0.2, 0) is 0 Å². The number of carbonyl (C=O) groups excluding carboxylic acids is 2. The number of para-hydroxylation sites is 1. The van der Waals surface area contributed by atoms with Gasteiger partial charge >= 0.3 is 0 Å². The minimum Gasteiger partial charge on any atom is -0.367 e. The summed E-state index contributed by atoms with van der Waals surface area (Å²) in [6.07, 6.45) is 4.04. The molecular formula is C18H18N6O2. The summed E-state index contributed by atoms with van der Waals surface area (Å²) in [5.74, 6) is -0.517. The van der Waals surface area contributed by atoms with Gasteiger partial charge in [0.2, 0.25) is 0 Å². The van der Waals surface area contributed by atoms with Crippen molar-refractivity contribution in [2.75, 3.05) is 13.1 Å². The lowest BCUT2D eigenvalue weighted by Crippen LogP contribution is -2.45. The Morgan fingerprint density at radius 1 is 1.00 bits per heavy atom. The highest BCUT2D eigenvalue weighted by molar-refractivity contribution is 5.98. The summed E-state index contributed by atoms with van der Waals surface area (Å²) in [7, 11) is 0. The standard InChI is InChI=1S/C18H18N6O2/c1-13-16(21-24(20-13)15-6-3-2-4-7-15)18(26)23-11-5-10-22(23)17(25)14-8-9-19-12-14/h2-4,6-9,12,19H,5,10-11H2,1H3. The van der Waals surface area contributed by atoms with Gasteiger partial charge in [0.05, 0.1) is 16.9 Å². The number of nitrogens with one attached hydrogen (secondary N) is 1. The van der Waals surface area contributed by atoms with Crippen LogP contribution in [0.15, 0.2) is 48.8 Å². The van der Waals surface area contributed by atoms with E-state index < -0.39 is 0 Å². The van der Waals surface area contributed by atoms with Gasteiger partial charge in [0, 0.05) is 25.5 Å². The molecule has 0 radical (unpaired) electrons. The molecule has 1 aromatic carbocycles. The van der Waals surface area contributed by atoms with E-state index in [0.29, 0.717) is 24.3 Å². The van der Waals surface area contributed by atoms with Crippen molar-refractivity contribution in [3.63, 3.8) is 0 Å². The predicted octanol–water partition coefficient (Wildman–Crippen LogP) is 1.81. The van der Waals surface area contributed by atoms with Crippen molar-refractivity contribution in [3.05, 3.63) is 65.7 Å². The lowest BCUT2D eigenvalue weighted by molar-refractivity contribution is 0.0181. The Morgan fingerprint density at radius 2 is 1.73 bits per heavy atom. The molecule has 26 heavy (non-hydrogen) atoms. The highest BCUT2D eigenvalue weighted by Gasteiger charge is 2.34. The molecule has 8 nitrogen and oxygen atoms in total. The van der Waals surface area contributed by atoms with E-state index in [1.165, 1.54) is 14.8 Å². The quantitative estimate of drug-likeness (QED) is 0.780. The van der Waals surface area contributed by atoms with Gasteiger partial charge < -0.3 is 4.98 Å². The van der Waals surface area contributed by atoms with Gasteiger partial charge in [-0.15, -0.1) is 5.10 Å². The van der Waals surface area contributed by atoms with Crippen LogP contribution in [0.1, 0.15) is 33.0 Å². The van der Waals surface area contributed by atoms with Crippen LogP contribution in [0.3, 0.4) is 0 Å². The van der Waals surface area contributed by atoms with Crippen molar-refractivity contribution in [1.82, 2.24) is 30.0 Å². The van der Waals surface area contributed by atoms with E-state index in [1.54, 1.807) is 25.4 Å². The largest absolute Gasteiger partial charge is 0.367 e. The molecule has 4 rings (SSSR count). The first kappa shape index (κ1) is 16.1. The van der Waals surface area contributed by atoms with Gasteiger partial charge in [-0.25, -0.2) is 10.0 Å². The number of aryl methyl sites for hydroxylation is 1. The molecule has 0 aliphatic carbocycles. The topological polar surface area (TPSA) is 87.1 Å². The number of aromatic nitrogens is 4. The molecule has 2 aromatic heterocycles. The molecule has 1 aliphatic heterocycles. The van der Waals surface area contributed by atoms with Crippen LogP contribution in [0.25, 0.3) is 5.69 Å². The molecule has 0 spiro atoms. The van der Waals surface area contributed by atoms with Crippen LogP contribution in [-0.4, -0.2) is 54.9 Å². The molecular weight excluding hydrogens is 332 g/mol. The Morgan fingerprint density at radius 3 is 2.42 bits per heavy atom. The summed E-state index contributed by atoms with van der Waals surface area (Å²) in [5.41, 5.74) is 2.08. The van der Waals surface area contributed by atoms with Gasteiger partial charge in [-0.05, 0) is 31.5 Å². The second-order valence-corrected chi connectivity index (χ2v) is 6.07. The Hall–Kier alpha value is -3.42. The van der Waals surface area contributed by atoms with E-state index in [1.807, 2.05) is 30.3 Å². The maximum atomic E-state index is 13.0. The minimum atomic E-state index is -0.314. The first-order chi connectivity index (χ1) is 12.6. The summed E-state index contributed by atoms with van der Waals surface area (Å²) < 4.78 is 0. The highest BCUT2D eigenvalue weighted by Crippen LogP contribution is 2.19. The molecule has 132 valence electrons. The lowest BCUT2D eigenvalue weighted by atomic mass is 10.3. The third-order valence-electron chi connectivity index (χ3n) is 4.32. The van der Waals surface area contributed by atoms with Gasteiger partial charge in [-0.3, -0.25) is 9.59 Å². The number of rotatable bonds is 3. The van der Waals surface area contributed by atoms with Gasteiger partial charge in [-0.1, -0.05) is 18.2 Å². The second-order valence-electron chi connectivity index (χ2n) is 6.07. The highest BCUT2D eigenvalue weighted by atomic mass is 16.2. The zero-order chi connectivity index (χ0) is 18.1. The molecule has 8 heteroatoms. The smallest absolute Gasteiger partial charge is 0.294 e. The van der Waals surface area contributed by atoms with E-state index in [-0.39, 0.29) is 17.5 Å². The number of carbonyl (C=O) groups is 2. The fourth-order valence-electron chi connectivity index (χ4n) is 3.02. The molecule has 1 aliphatic rings. The van der Waals surface area contributed by atoms with Gasteiger partial charge in [0.25, 0.3) is 11.8 Å². The van der Waals surface area contributed by atoms with Crippen LogP contribution in [0.2, 0.25) is 0 Å². The summed E-state index contributed by atoms with van der Waals surface area (Å²) >= 11 is 0. The number of hydrazine groups is 1. The number of nitrogens with zero attached hydrogens (tertiary/aromatic N) is 5. The number of amides is 2. The molecule has 2 amide bonds. The molecule has 0 bridgehead atoms. The summed E-state index contributed by atoms with van der Waals surface area (Å²) in [5, 5.41) is 11.6. The molecule has 1 N–H and O–H groups in total. The number of aromatic amines is 1. The Kier molecular flexibility index (Phi) is 4.00. The van der Waals surface area contributed by atoms with E-state index in [2.05, 4.69) is 15.2 Å². The lowest BCUT2D eigenvalue weighted by Gasteiger charge is -2.27. The maximum Gasteiger partial charge on any atom is 0.294 e. The zero-order valence-corrected chi connectivity index (χ0v) is 14.3. The van der Waals surface area contributed by atoms with E-state index >= 15 is 0 Å². The Balaban J connectivity index is 1.61. The summed E-state index contributed by atoms with van der Waals surface area (Å²) in [4.78, 5) is 29.9. The second kappa shape index (κ2) is 6.47. The van der Waals surface area contributed by atoms with Crippen molar-refractivity contribution in [3.8, 4) is 5.69 Å². The molecule has 1 fully saturated rings. The van der Waals surface area contributed by atoms with Crippen molar-refractivity contribution in [2.24, 2.45) is 0 Å². The predicted molar refractivity (Wildman–Crippen MR) is 93.6 cm³/mol. The van der Waals surface area contributed by atoms with E-state index in [9.17, 15) is 9.59 Å². The van der Waals surface area contributed by atoms with Crippen molar-refractivity contribution >= 4 is 11.8 Å². The molecule has 0 saturated carbocycles. The van der Waals surface area contributed by atoms with Crippen molar-refractivity contribution < 1.29 is 9.59 Å². The van der Waals surface area contributed by atoms with Crippen LogP contribution in [0, 0.1) is 6.92 Å². The molecule has 3 heterocycles. The third kappa shape index (κ3) is 2.75. The molecule has 0 unspecified atom stereocenters. The molecule has 1 saturated heterocycles. The van der Waals surface area contributed by atoms with E-state index in [4.69, 9.17) is 0 Å². The monoisotopic (exact) mass is 350 g/mol. The Labute approximate surface area is 150 Å². The van der Waals surface area contributed by atoms with Crippen LogP contribution in [0.4, 0.5) is 0 Å². The van der Waals surface area contributed by atoms with Crippen molar-refractivity contribution in [1.29, 1.82) is 0 Å². The number of H-pyrrole nitrogens is 1.